The number of para-hydroxylation sites is 1. The molecule has 23 heavy (non-hydrogen) atoms. The fourth-order valence-corrected chi connectivity index (χ4v) is 1.91. The lowest BCUT2D eigenvalue weighted by Crippen LogP contribution is -2.27. The zero-order chi connectivity index (χ0) is 17.1. The van der Waals surface area contributed by atoms with Gasteiger partial charge in [-0.1, -0.05) is 23.7 Å². The molecule has 1 amide bonds. The molecule has 1 rings (SSSR count). The number of benzene rings is 1. The molecule has 0 radical (unpaired) electrons. The minimum Gasteiger partial charge on any atom is -0.383 e. The van der Waals surface area contributed by atoms with Crippen molar-refractivity contribution in [2.24, 2.45) is 0 Å². The molecule has 124 valence electrons. The topological polar surface area (TPSA) is 74.6 Å². The maximum absolute atomic E-state index is 12.2. The Morgan fingerprint density at radius 3 is 2.43 bits per heavy atom. The van der Waals surface area contributed by atoms with Gasteiger partial charge in [-0.3, -0.25) is 4.79 Å². The molecule has 6 nitrogen and oxygen atoms in total. The van der Waals surface area contributed by atoms with Crippen LogP contribution in [-0.2, 0) is 14.3 Å². The third-order valence-corrected chi connectivity index (χ3v) is 3.29. The highest BCUT2D eigenvalue weighted by Gasteiger charge is 2.13. The number of halogens is 1. The number of hydrogen-bond acceptors (Lipinski definition) is 5. The van der Waals surface area contributed by atoms with E-state index >= 15 is 0 Å². The number of carbonyl (C=O) groups is 1. The quantitative estimate of drug-likeness (QED) is 0.552. The maximum atomic E-state index is 12.2. The van der Waals surface area contributed by atoms with Crippen molar-refractivity contribution < 1.29 is 14.3 Å². The van der Waals surface area contributed by atoms with Gasteiger partial charge in [-0.05, 0) is 12.1 Å². The van der Waals surface area contributed by atoms with Crippen LogP contribution in [0.3, 0.4) is 0 Å². The summed E-state index contributed by atoms with van der Waals surface area (Å²) < 4.78 is 10.1. The number of nitrogens with zero attached hydrogens (tertiary/aromatic N) is 2. The van der Waals surface area contributed by atoms with Crippen molar-refractivity contribution in [2.75, 3.05) is 45.8 Å². The molecule has 0 heterocycles. The number of rotatable bonds is 9. The van der Waals surface area contributed by atoms with Crippen molar-refractivity contribution in [3.8, 4) is 6.07 Å². The van der Waals surface area contributed by atoms with Crippen molar-refractivity contribution in [2.45, 2.75) is 0 Å². The lowest BCUT2D eigenvalue weighted by Gasteiger charge is -2.20. The van der Waals surface area contributed by atoms with E-state index in [1.807, 2.05) is 6.07 Å². The average molecular weight is 338 g/mol. The molecule has 0 bridgehead atoms. The molecule has 0 saturated heterocycles. The third-order valence-electron chi connectivity index (χ3n) is 2.96. The second-order valence-electron chi connectivity index (χ2n) is 4.61. The second kappa shape index (κ2) is 10.6. The summed E-state index contributed by atoms with van der Waals surface area (Å²) in [6.45, 7) is 2.05. The van der Waals surface area contributed by atoms with Crippen LogP contribution in [0.2, 0.25) is 5.02 Å². The van der Waals surface area contributed by atoms with Gasteiger partial charge in [-0.25, -0.2) is 0 Å². The second-order valence-corrected chi connectivity index (χ2v) is 5.02. The smallest absolute Gasteiger partial charge is 0.267 e. The van der Waals surface area contributed by atoms with Gasteiger partial charge in [0.25, 0.3) is 5.91 Å². The third kappa shape index (κ3) is 6.70. The Bertz CT molecular complexity index is 576. The van der Waals surface area contributed by atoms with Crippen LogP contribution >= 0.6 is 11.6 Å². The van der Waals surface area contributed by atoms with Gasteiger partial charge in [-0.15, -0.1) is 0 Å². The Kier molecular flexibility index (Phi) is 8.76. The first-order valence-corrected chi connectivity index (χ1v) is 7.40. The number of methoxy groups -OCH3 is 2. The molecule has 0 atom stereocenters. The number of carbonyl (C=O) groups excluding carboxylic acids is 1. The molecule has 0 unspecified atom stereocenters. The number of amides is 1. The van der Waals surface area contributed by atoms with E-state index in [-0.39, 0.29) is 5.57 Å². The molecule has 1 N–H and O–H groups in total. The van der Waals surface area contributed by atoms with Crippen molar-refractivity contribution >= 4 is 23.2 Å². The van der Waals surface area contributed by atoms with E-state index in [0.717, 1.165) is 0 Å². The summed E-state index contributed by atoms with van der Waals surface area (Å²) >= 11 is 6.00. The molecule has 0 fully saturated rings. The molecule has 0 aliphatic heterocycles. The predicted molar refractivity (Wildman–Crippen MR) is 89.1 cm³/mol. The van der Waals surface area contributed by atoms with Gasteiger partial charge in [0.05, 0.1) is 23.9 Å². The number of nitriles is 1. The van der Waals surface area contributed by atoms with Crippen LogP contribution in [0.25, 0.3) is 0 Å². The Hall–Kier alpha value is -2.07. The van der Waals surface area contributed by atoms with E-state index in [9.17, 15) is 10.1 Å². The summed E-state index contributed by atoms with van der Waals surface area (Å²) in [6, 6.07) is 8.75. The lowest BCUT2D eigenvalue weighted by atomic mass is 10.2. The Labute approximate surface area is 141 Å². The number of anilines is 1. The van der Waals surface area contributed by atoms with Crippen LogP contribution in [0.15, 0.2) is 36.0 Å². The van der Waals surface area contributed by atoms with E-state index in [1.165, 1.54) is 6.20 Å². The van der Waals surface area contributed by atoms with Crippen LogP contribution in [-0.4, -0.2) is 51.3 Å². The minimum absolute atomic E-state index is 0.0166. The zero-order valence-electron chi connectivity index (χ0n) is 13.2. The Balaban J connectivity index is 2.83. The minimum atomic E-state index is -0.513. The highest BCUT2D eigenvalue weighted by Crippen LogP contribution is 2.20. The standard InChI is InChI=1S/C16H20ClN3O3/c1-22-9-7-20(8-10-23-2)12-13(11-18)16(21)19-15-6-4-3-5-14(15)17/h3-6,12H,7-10H2,1-2H3,(H,19,21)/b13-12-. The first-order chi connectivity index (χ1) is 11.1. The van der Waals surface area contributed by atoms with Crippen molar-refractivity contribution in [1.82, 2.24) is 4.90 Å². The molecule has 7 heteroatoms. The zero-order valence-corrected chi connectivity index (χ0v) is 14.0. The molecular formula is C16H20ClN3O3. The number of nitrogens with one attached hydrogen (secondary N) is 1. The van der Waals surface area contributed by atoms with Crippen molar-refractivity contribution in [3.05, 3.63) is 41.1 Å². The fourth-order valence-electron chi connectivity index (χ4n) is 1.73. The highest BCUT2D eigenvalue weighted by molar-refractivity contribution is 6.33. The first kappa shape index (κ1) is 19.0. The SMILES string of the molecule is COCCN(/C=C(/C#N)C(=O)Nc1ccccc1Cl)CCOC. The molecule has 0 aromatic heterocycles. The molecule has 0 spiro atoms. The monoisotopic (exact) mass is 337 g/mol. The summed E-state index contributed by atoms with van der Waals surface area (Å²) in [5, 5.41) is 12.3. The van der Waals surface area contributed by atoms with Gasteiger partial charge in [0.2, 0.25) is 0 Å². The van der Waals surface area contributed by atoms with Gasteiger partial charge < -0.3 is 19.7 Å². The lowest BCUT2D eigenvalue weighted by molar-refractivity contribution is -0.112. The summed E-state index contributed by atoms with van der Waals surface area (Å²) in [5.74, 6) is -0.513. The predicted octanol–water partition coefficient (Wildman–Crippen LogP) is 2.28. The fraction of sp³-hybridized carbons (Fsp3) is 0.375. The molecule has 1 aromatic rings. The van der Waals surface area contributed by atoms with Gasteiger partial charge >= 0.3 is 0 Å². The summed E-state index contributed by atoms with van der Waals surface area (Å²) in [6.07, 6.45) is 1.50. The van der Waals surface area contributed by atoms with Crippen molar-refractivity contribution in [1.29, 1.82) is 5.26 Å². The van der Waals surface area contributed by atoms with Gasteiger partial charge in [0.15, 0.2) is 0 Å². The van der Waals surface area contributed by atoms with Crippen LogP contribution in [0.1, 0.15) is 0 Å². The van der Waals surface area contributed by atoms with E-state index in [2.05, 4.69) is 5.32 Å². The molecule has 0 aliphatic carbocycles. The van der Waals surface area contributed by atoms with E-state index in [1.54, 1.807) is 43.4 Å². The van der Waals surface area contributed by atoms with E-state index < -0.39 is 5.91 Å². The van der Waals surface area contributed by atoms with Crippen LogP contribution in [0.4, 0.5) is 5.69 Å². The van der Waals surface area contributed by atoms with Gasteiger partial charge in [-0.2, -0.15) is 5.26 Å². The summed E-state index contributed by atoms with van der Waals surface area (Å²) in [7, 11) is 3.18. The molecule has 1 aromatic carbocycles. The summed E-state index contributed by atoms with van der Waals surface area (Å²) in [5.41, 5.74) is 0.442. The van der Waals surface area contributed by atoms with Crippen LogP contribution in [0.5, 0.6) is 0 Å². The highest BCUT2D eigenvalue weighted by atomic mass is 35.5. The van der Waals surface area contributed by atoms with Gasteiger partial charge in [0.1, 0.15) is 11.6 Å². The molecule has 0 saturated carbocycles. The molecular weight excluding hydrogens is 318 g/mol. The van der Waals surface area contributed by atoms with Gasteiger partial charge in [0, 0.05) is 33.5 Å². The van der Waals surface area contributed by atoms with E-state index in [4.69, 9.17) is 21.1 Å². The first-order valence-electron chi connectivity index (χ1n) is 7.02. The Morgan fingerprint density at radius 1 is 1.30 bits per heavy atom. The average Bonchev–Trinajstić information content (AvgIpc) is 2.56. The number of hydrogen-bond donors (Lipinski definition) is 1. The maximum Gasteiger partial charge on any atom is 0.267 e. The number of ether oxygens (including phenoxy) is 2. The van der Waals surface area contributed by atoms with Crippen molar-refractivity contribution in [3.63, 3.8) is 0 Å². The normalized spacial score (nSPS) is 11.0. The van der Waals surface area contributed by atoms with Crippen LogP contribution < -0.4 is 5.32 Å². The Morgan fingerprint density at radius 2 is 1.91 bits per heavy atom. The summed E-state index contributed by atoms with van der Waals surface area (Å²) in [4.78, 5) is 14.0. The van der Waals surface area contributed by atoms with Crippen LogP contribution in [0, 0.1) is 11.3 Å². The largest absolute Gasteiger partial charge is 0.383 e. The van der Waals surface area contributed by atoms with E-state index in [0.29, 0.717) is 37.0 Å². The molecule has 0 aliphatic rings.